The number of hydrogen-bond acceptors (Lipinski definition) is 7. The Balaban J connectivity index is 1.76. The van der Waals surface area contributed by atoms with Gasteiger partial charge >= 0.3 is 0 Å². The lowest BCUT2D eigenvalue weighted by Crippen LogP contribution is -2.08. The molecule has 3 N–H and O–H groups in total. The van der Waals surface area contributed by atoms with Crippen molar-refractivity contribution in [3.63, 3.8) is 0 Å². The van der Waals surface area contributed by atoms with Crippen LogP contribution in [-0.2, 0) is 0 Å². The molecule has 2 aromatic carbocycles. The molecule has 6 nitrogen and oxygen atoms in total. The summed E-state index contributed by atoms with van der Waals surface area (Å²) in [6.45, 7) is 2.04. The molecule has 3 aromatic rings. The molecule has 1 heterocycles. The minimum Gasteiger partial charge on any atom is -0.497 e. The lowest BCUT2D eigenvalue weighted by Gasteiger charge is -2.12. The van der Waals surface area contributed by atoms with Crippen molar-refractivity contribution < 1.29 is 4.74 Å². The molecule has 0 bridgehead atoms. The summed E-state index contributed by atoms with van der Waals surface area (Å²) in [5.74, 6) is 2.10. The van der Waals surface area contributed by atoms with Gasteiger partial charge < -0.3 is 15.8 Å². The standard InChI is InChI=1S/C18H19N5OS/c1-12(25-15-10-8-14(24-2)9-11-15)16-21-17(19)23-18(22-16)20-13-6-4-3-5-7-13/h3-12H,1-2H3,(H3,19,20,21,22,23)/t12-/m0/s1. The molecule has 128 valence electrons. The Hall–Kier alpha value is -2.80. The summed E-state index contributed by atoms with van der Waals surface area (Å²) in [5.41, 5.74) is 6.75. The van der Waals surface area contributed by atoms with Crippen molar-refractivity contribution in [1.29, 1.82) is 0 Å². The van der Waals surface area contributed by atoms with E-state index in [0.29, 0.717) is 11.8 Å². The highest BCUT2D eigenvalue weighted by Crippen LogP contribution is 2.34. The highest BCUT2D eigenvalue weighted by Gasteiger charge is 2.14. The number of hydrogen-bond donors (Lipinski definition) is 2. The van der Waals surface area contributed by atoms with E-state index in [4.69, 9.17) is 10.5 Å². The Morgan fingerprint density at radius 1 is 1.00 bits per heavy atom. The van der Waals surface area contributed by atoms with Crippen molar-refractivity contribution in [3.8, 4) is 5.75 Å². The van der Waals surface area contributed by atoms with Gasteiger partial charge in [-0.2, -0.15) is 15.0 Å². The van der Waals surface area contributed by atoms with Crippen molar-refractivity contribution in [2.75, 3.05) is 18.2 Å². The normalized spacial score (nSPS) is 11.8. The fourth-order valence-corrected chi connectivity index (χ4v) is 3.12. The summed E-state index contributed by atoms with van der Waals surface area (Å²) in [6.07, 6.45) is 0. The van der Waals surface area contributed by atoms with Crippen LogP contribution in [-0.4, -0.2) is 22.1 Å². The monoisotopic (exact) mass is 353 g/mol. The molecule has 0 radical (unpaired) electrons. The molecule has 0 unspecified atom stereocenters. The first-order valence-corrected chi connectivity index (χ1v) is 8.66. The Kier molecular flexibility index (Phi) is 5.35. The second-order valence-corrected chi connectivity index (χ2v) is 6.72. The van der Waals surface area contributed by atoms with Crippen molar-refractivity contribution in [2.45, 2.75) is 17.1 Å². The third-order valence-electron chi connectivity index (χ3n) is 3.44. The third kappa shape index (κ3) is 4.60. The number of aromatic nitrogens is 3. The van der Waals surface area contributed by atoms with Crippen LogP contribution in [0, 0.1) is 0 Å². The molecule has 0 spiro atoms. The van der Waals surface area contributed by atoms with Crippen LogP contribution < -0.4 is 15.8 Å². The zero-order valence-corrected chi connectivity index (χ0v) is 14.8. The molecule has 0 aliphatic heterocycles. The van der Waals surface area contributed by atoms with Gasteiger partial charge in [-0.05, 0) is 43.3 Å². The SMILES string of the molecule is COc1ccc(S[C@@H](C)c2nc(N)nc(Nc3ccccc3)n2)cc1. The summed E-state index contributed by atoms with van der Waals surface area (Å²) >= 11 is 1.65. The predicted molar refractivity (Wildman–Crippen MR) is 101 cm³/mol. The lowest BCUT2D eigenvalue weighted by atomic mass is 10.3. The number of ether oxygens (including phenoxy) is 1. The summed E-state index contributed by atoms with van der Waals surface area (Å²) in [7, 11) is 1.65. The number of nitrogen functional groups attached to an aromatic ring is 1. The van der Waals surface area contributed by atoms with Gasteiger partial charge in [-0.25, -0.2) is 0 Å². The van der Waals surface area contributed by atoms with Gasteiger partial charge in [0.05, 0.1) is 12.4 Å². The second kappa shape index (κ2) is 7.85. The number of methoxy groups -OCH3 is 1. The zero-order valence-electron chi connectivity index (χ0n) is 14.0. The number of para-hydroxylation sites is 1. The van der Waals surface area contributed by atoms with Gasteiger partial charge in [-0.1, -0.05) is 18.2 Å². The van der Waals surface area contributed by atoms with E-state index < -0.39 is 0 Å². The Morgan fingerprint density at radius 2 is 1.72 bits per heavy atom. The molecule has 25 heavy (non-hydrogen) atoms. The summed E-state index contributed by atoms with van der Waals surface area (Å²) < 4.78 is 5.18. The van der Waals surface area contributed by atoms with E-state index in [1.54, 1.807) is 18.9 Å². The van der Waals surface area contributed by atoms with Gasteiger partial charge in [0.15, 0.2) is 0 Å². The molecule has 1 atom stereocenters. The maximum Gasteiger partial charge on any atom is 0.232 e. The lowest BCUT2D eigenvalue weighted by molar-refractivity contribution is 0.414. The van der Waals surface area contributed by atoms with Crippen LogP contribution in [0.4, 0.5) is 17.6 Å². The molecule has 7 heteroatoms. The minimum absolute atomic E-state index is 0.0232. The van der Waals surface area contributed by atoms with Crippen LogP contribution in [0.1, 0.15) is 18.0 Å². The molecule has 0 aliphatic carbocycles. The fourth-order valence-electron chi connectivity index (χ4n) is 2.21. The van der Waals surface area contributed by atoms with E-state index in [9.17, 15) is 0 Å². The van der Waals surface area contributed by atoms with Crippen LogP contribution in [0.25, 0.3) is 0 Å². The molecule has 1 aromatic heterocycles. The summed E-state index contributed by atoms with van der Waals surface area (Å²) in [6, 6.07) is 17.6. The van der Waals surface area contributed by atoms with Crippen molar-refractivity contribution >= 4 is 29.3 Å². The highest BCUT2D eigenvalue weighted by atomic mass is 32.2. The maximum atomic E-state index is 5.85. The summed E-state index contributed by atoms with van der Waals surface area (Å²) in [4.78, 5) is 14.0. The maximum absolute atomic E-state index is 5.85. The van der Waals surface area contributed by atoms with E-state index in [0.717, 1.165) is 16.3 Å². The molecular weight excluding hydrogens is 334 g/mol. The van der Waals surface area contributed by atoms with Crippen LogP contribution in [0.15, 0.2) is 59.5 Å². The first-order valence-electron chi connectivity index (χ1n) is 7.78. The average Bonchev–Trinajstić information content (AvgIpc) is 2.62. The van der Waals surface area contributed by atoms with Gasteiger partial charge in [0.2, 0.25) is 11.9 Å². The molecule has 3 rings (SSSR count). The third-order valence-corrected chi connectivity index (χ3v) is 4.54. The molecule has 0 saturated heterocycles. The molecule has 0 amide bonds. The molecule has 0 aliphatic rings. The Morgan fingerprint density at radius 3 is 2.40 bits per heavy atom. The van der Waals surface area contributed by atoms with Gasteiger partial charge in [0.25, 0.3) is 0 Å². The topological polar surface area (TPSA) is 86.0 Å². The van der Waals surface area contributed by atoms with Gasteiger partial charge in [-0.15, -0.1) is 11.8 Å². The van der Waals surface area contributed by atoms with E-state index >= 15 is 0 Å². The molecule has 0 saturated carbocycles. The number of rotatable bonds is 6. The quantitative estimate of drug-likeness (QED) is 0.646. The van der Waals surface area contributed by atoms with Gasteiger partial charge in [-0.3, -0.25) is 0 Å². The first-order chi connectivity index (χ1) is 12.1. The number of nitrogens with zero attached hydrogens (tertiary/aromatic N) is 3. The molecular formula is C18H19N5OS. The van der Waals surface area contributed by atoms with Crippen molar-refractivity contribution in [3.05, 3.63) is 60.4 Å². The van der Waals surface area contributed by atoms with Crippen molar-refractivity contribution in [1.82, 2.24) is 15.0 Å². The average molecular weight is 353 g/mol. The number of nitrogens with two attached hydrogens (primary N) is 1. The van der Waals surface area contributed by atoms with E-state index in [1.807, 2.05) is 61.5 Å². The van der Waals surface area contributed by atoms with E-state index in [-0.39, 0.29) is 11.2 Å². The fraction of sp³-hybridized carbons (Fsp3) is 0.167. The Labute approximate surface area is 150 Å². The zero-order chi connectivity index (χ0) is 17.6. The smallest absolute Gasteiger partial charge is 0.232 e. The van der Waals surface area contributed by atoms with E-state index in [1.165, 1.54) is 0 Å². The first kappa shape index (κ1) is 17.0. The van der Waals surface area contributed by atoms with Crippen LogP contribution in [0.5, 0.6) is 5.75 Å². The van der Waals surface area contributed by atoms with Gasteiger partial charge in [0, 0.05) is 10.6 Å². The second-order valence-electron chi connectivity index (χ2n) is 5.30. The number of thioether (sulfide) groups is 1. The number of benzene rings is 2. The van der Waals surface area contributed by atoms with Crippen LogP contribution >= 0.6 is 11.8 Å². The van der Waals surface area contributed by atoms with E-state index in [2.05, 4.69) is 20.3 Å². The van der Waals surface area contributed by atoms with Crippen molar-refractivity contribution in [2.24, 2.45) is 0 Å². The highest BCUT2D eigenvalue weighted by molar-refractivity contribution is 7.99. The van der Waals surface area contributed by atoms with Crippen LogP contribution in [0.3, 0.4) is 0 Å². The minimum atomic E-state index is 0.0232. The van der Waals surface area contributed by atoms with Gasteiger partial charge in [0.1, 0.15) is 11.6 Å². The van der Waals surface area contributed by atoms with Crippen LogP contribution in [0.2, 0.25) is 0 Å². The number of anilines is 3. The summed E-state index contributed by atoms with van der Waals surface area (Å²) in [5, 5.41) is 3.17. The Bertz CT molecular complexity index is 827. The number of nitrogens with one attached hydrogen (secondary N) is 1. The largest absolute Gasteiger partial charge is 0.497 e. The predicted octanol–water partition coefficient (Wildman–Crippen LogP) is 4.06. The molecule has 0 fully saturated rings.